The van der Waals surface area contributed by atoms with E-state index in [-0.39, 0.29) is 24.8 Å². The second-order valence-electron chi connectivity index (χ2n) is 6.30. The highest BCUT2D eigenvalue weighted by molar-refractivity contribution is 6.42. The maximum atomic E-state index is 6.27. The SMILES string of the molecule is Cl.Cl.Clc1ccc([C@H](C2CCCCC2)N2CCNCC2)cc1Cl. The molecule has 1 saturated carbocycles. The molecule has 1 aliphatic carbocycles. The zero-order chi connectivity index (χ0) is 14.7. The van der Waals surface area contributed by atoms with Crippen molar-refractivity contribution < 1.29 is 0 Å². The van der Waals surface area contributed by atoms with Gasteiger partial charge in [-0.1, -0.05) is 48.5 Å². The third-order valence-electron chi connectivity index (χ3n) is 4.93. The molecule has 6 heteroatoms. The van der Waals surface area contributed by atoms with Gasteiger partial charge in [-0.2, -0.15) is 0 Å². The van der Waals surface area contributed by atoms with E-state index >= 15 is 0 Å². The fourth-order valence-corrected chi connectivity index (χ4v) is 4.19. The van der Waals surface area contributed by atoms with Crippen LogP contribution in [0.2, 0.25) is 10.0 Å². The second-order valence-corrected chi connectivity index (χ2v) is 7.12. The first-order chi connectivity index (χ1) is 10.3. The van der Waals surface area contributed by atoms with Crippen molar-refractivity contribution in [1.29, 1.82) is 0 Å². The number of halogens is 4. The molecule has 1 N–H and O–H groups in total. The summed E-state index contributed by atoms with van der Waals surface area (Å²) in [7, 11) is 0. The predicted octanol–water partition coefficient (Wildman–Crippen LogP) is 5.36. The van der Waals surface area contributed by atoms with Crippen LogP contribution in [-0.4, -0.2) is 31.1 Å². The van der Waals surface area contributed by atoms with E-state index in [2.05, 4.69) is 22.3 Å². The smallest absolute Gasteiger partial charge is 0.0595 e. The van der Waals surface area contributed by atoms with Gasteiger partial charge in [-0.15, -0.1) is 24.8 Å². The molecule has 1 aliphatic heterocycles. The average Bonchev–Trinajstić information content (AvgIpc) is 2.53. The van der Waals surface area contributed by atoms with Crippen LogP contribution in [0.25, 0.3) is 0 Å². The Bertz CT molecular complexity index is 454. The Hall–Kier alpha value is 0.300. The van der Waals surface area contributed by atoms with Gasteiger partial charge in [0.25, 0.3) is 0 Å². The second kappa shape index (κ2) is 10.3. The molecule has 1 atom stereocenters. The van der Waals surface area contributed by atoms with E-state index in [4.69, 9.17) is 23.2 Å². The average molecular weight is 400 g/mol. The third kappa shape index (κ3) is 5.39. The zero-order valence-electron chi connectivity index (χ0n) is 13.3. The van der Waals surface area contributed by atoms with Gasteiger partial charge in [0.1, 0.15) is 0 Å². The molecule has 132 valence electrons. The monoisotopic (exact) mass is 398 g/mol. The fourth-order valence-electron chi connectivity index (χ4n) is 3.89. The van der Waals surface area contributed by atoms with Crippen LogP contribution in [0.4, 0.5) is 0 Å². The first-order valence-corrected chi connectivity index (χ1v) is 8.91. The fraction of sp³-hybridized carbons (Fsp3) is 0.647. The highest BCUT2D eigenvalue weighted by atomic mass is 35.5. The molecular formula is C17H26Cl4N2. The van der Waals surface area contributed by atoms with Gasteiger partial charge >= 0.3 is 0 Å². The number of piperazine rings is 1. The summed E-state index contributed by atoms with van der Waals surface area (Å²) in [4.78, 5) is 2.64. The van der Waals surface area contributed by atoms with Gasteiger partial charge in [0, 0.05) is 32.2 Å². The quantitative estimate of drug-likeness (QED) is 0.735. The number of rotatable bonds is 3. The minimum absolute atomic E-state index is 0. The molecule has 1 heterocycles. The van der Waals surface area contributed by atoms with Crippen LogP contribution in [0.15, 0.2) is 18.2 Å². The van der Waals surface area contributed by atoms with E-state index in [0.717, 1.165) is 32.1 Å². The van der Waals surface area contributed by atoms with E-state index in [1.807, 2.05) is 6.07 Å². The number of nitrogens with one attached hydrogen (secondary N) is 1. The third-order valence-corrected chi connectivity index (χ3v) is 5.67. The standard InChI is InChI=1S/C17H24Cl2N2.2ClH/c18-15-7-6-14(12-16(15)19)17(13-4-2-1-3-5-13)21-10-8-20-9-11-21;;/h6-7,12-13,17,20H,1-5,8-11H2;2*1H/t17-;;/m0../s1. The van der Waals surface area contributed by atoms with Gasteiger partial charge in [-0.05, 0) is 36.5 Å². The molecule has 3 rings (SSSR count). The normalized spacial score (nSPS) is 21.1. The highest BCUT2D eigenvalue weighted by Crippen LogP contribution is 2.40. The van der Waals surface area contributed by atoms with Crippen LogP contribution >= 0.6 is 48.0 Å². The zero-order valence-corrected chi connectivity index (χ0v) is 16.4. The molecule has 0 bridgehead atoms. The molecule has 1 saturated heterocycles. The van der Waals surface area contributed by atoms with Gasteiger partial charge in [0.2, 0.25) is 0 Å². The Morgan fingerprint density at radius 1 is 0.957 bits per heavy atom. The van der Waals surface area contributed by atoms with Crippen molar-refractivity contribution in [2.24, 2.45) is 5.92 Å². The van der Waals surface area contributed by atoms with Crippen LogP contribution < -0.4 is 5.32 Å². The summed E-state index contributed by atoms with van der Waals surface area (Å²) in [5.74, 6) is 0.758. The number of benzene rings is 1. The Kier molecular flexibility index (Phi) is 9.58. The molecule has 0 spiro atoms. The molecule has 2 aliphatic rings. The van der Waals surface area contributed by atoms with Crippen molar-refractivity contribution in [3.8, 4) is 0 Å². The molecular weight excluding hydrogens is 374 g/mol. The molecule has 1 aromatic carbocycles. The van der Waals surface area contributed by atoms with Gasteiger partial charge in [0.15, 0.2) is 0 Å². The van der Waals surface area contributed by atoms with E-state index < -0.39 is 0 Å². The van der Waals surface area contributed by atoms with Gasteiger partial charge in [0.05, 0.1) is 10.0 Å². The summed E-state index contributed by atoms with van der Waals surface area (Å²) in [6.07, 6.45) is 6.82. The molecule has 0 unspecified atom stereocenters. The first kappa shape index (κ1) is 21.3. The van der Waals surface area contributed by atoms with Gasteiger partial charge in [-0.3, -0.25) is 4.90 Å². The molecule has 2 nitrogen and oxygen atoms in total. The van der Waals surface area contributed by atoms with Crippen molar-refractivity contribution >= 4 is 48.0 Å². The molecule has 23 heavy (non-hydrogen) atoms. The lowest BCUT2D eigenvalue weighted by Gasteiger charge is -2.41. The van der Waals surface area contributed by atoms with Crippen LogP contribution in [0.1, 0.15) is 43.7 Å². The van der Waals surface area contributed by atoms with Crippen molar-refractivity contribution in [1.82, 2.24) is 10.2 Å². The van der Waals surface area contributed by atoms with Gasteiger partial charge in [-0.25, -0.2) is 0 Å². The van der Waals surface area contributed by atoms with Crippen molar-refractivity contribution in [2.75, 3.05) is 26.2 Å². The topological polar surface area (TPSA) is 15.3 Å². The largest absolute Gasteiger partial charge is 0.314 e. The summed E-state index contributed by atoms with van der Waals surface area (Å²) in [5.41, 5.74) is 1.35. The number of nitrogens with zero attached hydrogens (tertiary/aromatic N) is 1. The van der Waals surface area contributed by atoms with Crippen LogP contribution in [0.3, 0.4) is 0 Å². The van der Waals surface area contributed by atoms with Crippen molar-refractivity contribution in [2.45, 2.75) is 38.1 Å². The molecule has 0 amide bonds. The molecule has 2 fully saturated rings. The van der Waals surface area contributed by atoms with E-state index in [1.165, 1.54) is 37.7 Å². The Morgan fingerprint density at radius 2 is 1.61 bits per heavy atom. The summed E-state index contributed by atoms with van der Waals surface area (Å²) in [5, 5.41) is 4.80. The van der Waals surface area contributed by atoms with E-state index in [1.54, 1.807) is 0 Å². The Morgan fingerprint density at radius 3 is 2.22 bits per heavy atom. The summed E-state index contributed by atoms with van der Waals surface area (Å²) in [6.45, 7) is 4.43. The number of hydrogen-bond acceptors (Lipinski definition) is 2. The van der Waals surface area contributed by atoms with Crippen LogP contribution in [-0.2, 0) is 0 Å². The van der Waals surface area contributed by atoms with Crippen LogP contribution in [0, 0.1) is 5.92 Å². The lowest BCUT2D eigenvalue weighted by Crippen LogP contribution is -2.47. The maximum absolute atomic E-state index is 6.27. The highest BCUT2D eigenvalue weighted by Gasteiger charge is 2.31. The predicted molar refractivity (Wildman–Crippen MR) is 105 cm³/mol. The molecule has 1 aromatic rings. The van der Waals surface area contributed by atoms with Crippen molar-refractivity contribution in [3.05, 3.63) is 33.8 Å². The summed E-state index contributed by atoms with van der Waals surface area (Å²) >= 11 is 12.4. The number of hydrogen-bond donors (Lipinski definition) is 1. The maximum Gasteiger partial charge on any atom is 0.0595 e. The lowest BCUT2D eigenvalue weighted by molar-refractivity contribution is 0.103. The summed E-state index contributed by atoms with van der Waals surface area (Å²) in [6, 6.07) is 6.72. The Labute approximate surface area is 162 Å². The van der Waals surface area contributed by atoms with Gasteiger partial charge < -0.3 is 5.32 Å². The van der Waals surface area contributed by atoms with E-state index in [0.29, 0.717) is 16.1 Å². The Balaban J connectivity index is 0.00000132. The van der Waals surface area contributed by atoms with E-state index in [9.17, 15) is 0 Å². The minimum atomic E-state index is 0. The van der Waals surface area contributed by atoms with Crippen molar-refractivity contribution in [3.63, 3.8) is 0 Å². The first-order valence-electron chi connectivity index (χ1n) is 8.15. The molecule has 0 aromatic heterocycles. The molecule has 0 radical (unpaired) electrons. The summed E-state index contributed by atoms with van der Waals surface area (Å²) < 4.78 is 0. The van der Waals surface area contributed by atoms with Crippen LogP contribution in [0.5, 0.6) is 0 Å². The minimum Gasteiger partial charge on any atom is -0.314 e. The lowest BCUT2D eigenvalue weighted by atomic mass is 9.80.